The third kappa shape index (κ3) is 3.08. The highest BCUT2D eigenvalue weighted by atomic mass is 16.5. The molecule has 0 radical (unpaired) electrons. The summed E-state index contributed by atoms with van der Waals surface area (Å²) in [5, 5.41) is 2.54. The molecular formula is C12H15NO3. The summed E-state index contributed by atoms with van der Waals surface area (Å²) in [6, 6.07) is 6.46. The summed E-state index contributed by atoms with van der Waals surface area (Å²) in [6.07, 6.45) is 0.807. The number of nitrogens with one attached hydrogen (secondary N) is 1. The minimum Gasteiger partial charge on any atom is -0.497 e. The number of Topliss-reactive ketones (excluding diaryl/α,β-unsaturated/α-hetero) is 1. The van der Waals surface area contributed by atoms with Gasteiger partial charge in [-0.05, 0) is 30.7 Å². The molecule has 0 unspecified atom stereocenters. The van der Waals surface area contributed by atoms with Crippen LogP contribution in [-0.4, -0.2) is 25.3 Å². The molecule has 86 valence electrons. The molecule has 0 aliphatic heterocycles. The molecule has 0 heterocycles. The molecule has 1 aromatic carbocycles. The fraction of sp³-hybridized carbons (Fsp3) is 0.333. The second-order valence-corrected chi connectivity index (χ2v) is 3.31. The number of rotatable bonds is 5. The number of benzene rings is 1. The quantitative estimate of drug-likeness (QED) is 0.604. The van der Waals surface area contributed by atoms with E-state index in [4.69, 9.17) is 4.74 Å². The number of hydrogen-bond donors (Lipinski definition) is 1. The molecule has 0 aromatic heterocycles. The molecule has 1 aromatic rings. The second kappa shape index (κ2) is 5.90. The van der Waals surface area contributed by atoms with Gasteiger partial charge in [-0.3, -0.25) is 9.59 Å². The third-order valence-corrected chi connectivity index (χ3v) is 2.09. The zero-order chi connectivity index (χ0) is 12.0. The SMILES string of the molecule is CCCNC(=O)C(=O)c1ccc(OC)cc1. The van der Waals surface area contributed by atoms with Crippen molar-refractivity contribution in [2.75, 3.05) is 13.7 Å². The third-order valence-electron chi connectivity index (χ3n) is 2.09. The first kappa shape index (κ1) is 12.2. The van der Waals surface area contributed by atoms with E-state index in [2.05, 4.69) is 5.32 Å². The molecule has 1 N–H and O–H groups in total. The van der Waals surface area contributed by atoms with Crippen LogP contribution in [0.3, 0.4) is 0 Å². The lowest BCUT2D eigenvalue weighted by molar-refractivity contribution is -0.116. The highest BCUT2D eigenvalue weighted by Crippen LogP contribution is 2.11. The Morgan fingerprint density at radius 1 is 1.25 bits per heavy atom. The minimum atomic E-state index is -0.563. The van der Waals surface area contributed by atoms with Gasteiger partial charge >= 0.3 is 0 Å². The second-order valence-electron chi connectivity index (χ2n) is 3.31. The Morgan fingerprint density at radius 2 is 1.88 bits per heavy atom. The van der Waals surface area contributed by atoms with Gasteiger partial charge in [-0.2, -0.15) is 0 Å². The van der Waals surface area contributed by atoms with Gasteiger partial charge in [0.05, 0.1) is 7.11 Å². The molecule has 0 aliphatic carbocycles. The summed E-state index contributed by atoms with van der Waals surface area (Å²) in [5.74, 6) is -0.423. The number of ketones is 1. The van der Waals surface area contributed by atoms with Crippen molar-refractivity contribution in [2.45, 2.75) is 13.3 Å². The van der Waals surface area contributed by atoms with Gasteiger partial charge in [0, 0.05) is 12.1 Å². The van der Waals surface area contributed by atoms with E-state index in [-0.39, 0.29) is 0 Å². The zero-order valence-electron chi connectivity index (χ0n) is 9.45. The van der Waals surface area contributed by atoms with Crippen molar-refractivity contribution in [3.8, 4) is 5.75 Å². The number of carbonyl (C=O) groups excluding carboxylic acids is 2. The normalized spacial score (nSPS) is 9.62. The summed E-state index contributed by atoms with van der Waals surface area (Å²) < 4.78 is 4.96. The first-order valence-corrected chi connectivity index (χ1v) is 5.15. The molecule has 0 saturated carbocycles. The van der Waals surface area contributed by atoms with Gasteiger partial charge < -0.3 is 10.1 Å². The zero-order valence-corrected chi connectivity index (χ0v) is 9.45. The van der Waals surface area contributed by atoms with Crippen LogP contribution in [0.4, 0.5) is 0 Å². The van der Waals surface area contributed by atoms with Gasteiger partial charge in [0.15, 0.2) is 0 Å². The Kier molecular flexibility index (Phi) is 4.51. The first-order chi connectivity index (χ1) is 7.69. The van der Waals surface area contributed by atoms with E-state index in [1.54, 1.807) is 31.4 Å². The van der Waals surface area contributed by atoms with Gasteiger partial charge in [-0.1, -0.05) is 6.92 Å². The van der Waals surface area contributed by atoms with E-state index in [1.807, 2.05) is 6.92 Å². The largest absolute Gasteiger partial charge is 0.497 e. The summed E-state index contributed by atoms with van der Waals surface area (Å²) in [5.41, 5.74) is 0.370. The highest BCUT2D eigenvalue weighted by molar-refractivity contribution is 6.42. The predicted octanol–water partition coefficient (Wildman–Crippen LogP) is 1.40. The van der Waals surface area contributed by atoms with Crippen LogP contribution >= 0.6 is 0 Å². The lowest BCUT2D eigenvalue weighted by atomic mass is 10.1. The van der Waals surface area contributed by atoms with Crippen LogP contribution in [0.15, 0.2) is 24.3 Å². The van der Waals surface area contributed by atoms with Crippen LogP contribution in [0.25, 0.3) is 0 Å². The molecule has 4 heteroatoms. The molecule has 0 bridgehead atoms. The van der Waals surface area contributed by atoms with Crippen molar-refractivity contribution in [1.82, 2.24) is 5.32 Å². The standard InChI is InChI=1S/C12H15NO3/c1-3-8-13-12(15)11(14)9-4-6-10(16-2)7-5-9/h4-7H,3,8H2,1-2H3,(H,13,15). The number of ether oxygens (including phenoxy) is 1. The summed E-state index contributed by atoms with van der Waals surface area (Å²) >= 11 is 0. The summed E-state index contributed by atoms with van der Waals surface area (Å²) in [4.78, 5) is 23.0. The van der Waals surface area contributed by atoms with Gasteiger partial charge in [0.2, 0.25) is 5.78 Å². The number of methoxy groups -OCH3 is 1. The van der Waals surface area contributed by atoms with Crippen molar-refractivity contribution in [1.29, 1.82) is 0 Å². The Balaban J connectivity index is 2.68. The van der Waals surface area contributed by atoms with Crippen molar-refractivity contribution in [3.05, 3.63) is 29.8 Å². The van der Waals surface area contributed by atoms with Gasteiger partial charge in [0.25, 0.3) is 5.91 Å². The average Bonchev–Trinajstić information content (AvgIpc) is 2.35. The Labute approximate surface area is 94.6 Å². The smallest absolute Gasteiger partial charge is 0.292 e. The Hall–Kier alpha value is -1.84. The Morgan fingerprint density at radius 3 is 2.38 bits per heavy atom. The topological polar surface area (TPSA) is 55.4 Å². The van der Waals surface area contributed by atoms with Crippen molar-refractivity contribution >= 4 is 11.7 Å². The van der Waals surface area contributed by atoms with E-state index >= 15 is 0 Å². The lowest BCUT2D eigenvalue weighted by Crippen LogP contribution is -2.31. The Bertz CT molecular complexity index is 370. The predicted molar refractivity (Wildman–Crippen MR) is 60.6 cm³/mol. The van der Waals surface area contributed by atoms with Crippen LogP contribution in [0.2, 0.25) is 0 Å². The van der Waals surface area contributed by atoms with E-state index in [1.165, 1.54) is 0 Å². The van der Waals surface area contributed by atoms with E-state index in [0.29, 0.717) is 17.9 Å². The number of carbonyl (C=O) groups is 2. The van der Waals surface area contributed by atoms with E-state index in [9.17, 15) is 9.59 Å². The molecule has 16 heavy (non-hydrogen) atoms. The van der Waals surface area contributed by atoms with Crippen LogP contribution in [0.5, 0.6) is 5.75 Å². The van der Waals surface area contributed by atoms with E-state index in [0.717, 1.165) is 6.42 Å². The van der Waals surface area contributed by atoms with Gasteiger partial charge in [-0.15, -0.1) is 0 Å². The van der Waals surface area contributed by atoms with Crippen LogP contribution in [0.1, 0.15) is 23.7 Å². The first-order valence-electron chi connectivity index (χ1n) is 5.15. The maximum absolute atomic E-state index is 11.6. The summed E-state index contributed by atoms with van der Waals surface area (Å²) in [6.45, 7) is 2.44. The minimum absolute atomic E-state index is 0.370. The molecular weight excluding hydrogens is 206 g/mol. The average molecular weight is 221 g/mol. The molecule has 0 aliphatic rings. The monoisotopic (exact) mass is 221 g/mol. The fourth-order valence-electron chi connectivity index (χ4n) is 1.19. The maximum Gasteiger partial charge on any atom is 0.292 e. The maximum atomic E-state index is 11.6. The van der Waals surface area contributed by atoms with Crippen LogP contribution in [-0.2, 0) is 4.79 Å². The molecule has 0 fully saturated rings. The van der Waals surface area contributed by atoms with Crippen molar-refractivity contribution < 1.29 is 14.3 Å². The lowest BCUT2D eigenvalue weighted by Gasteiger charge is -2.03. The fourth-order valence-corrected chi connectivity index (χ4v) is 1.19. The highest BCUT2D eigenvalue weighted by Gasteiger charge is 2.14. The molecule has 1 rings (SSSR count). The molecule has 4 nitrogen and oxygen atoms in total. The van der Waals surface area contributed by atoms with Crippen molar-refractivity contribution in [3.63, 3.8) is 0 Å². The van der Waals surface area contributed by atoms with Gasteiger partial charge in [-0.25, -0.2) is 0 Å². The van der Waals surface area contributed by atoms with Gasteiger partial charge in [0.1, 0.15) is 5.75 Å². The van der Waals surface area contributed by atoms with E-state index < -0.39 is 11.7 Å². The number of amides is 1. The number of hydrogen-bond acceptors (Lipinski definition) is 3. The molecule has 0 spiro atoms. The molecule has 1 amide bonds. The van der Waals surface area contributed by atoms with Crippen molar-refractivity contribution in [2.24, 2.45) is 0 Å². The van der Waals surface area contributed by atoms with Crippen LogP contribution < -0.4 is 10.1 Å². The molecule has 0 saturated heterocycles. The molecule has 0 atom stereocenters. The van der Waals surface area contributed by atoms with Crippen LogP contribution in [0, 0.1) is 0 Å². The summed E-state index contributed by atoms with van der Waals surface area (Å²) in [7, 11) is 1.55.